The number of nitrogens with two attached hydrogens (primary N) is 1. The Labute approximate surface area is 132 Å². The van der Waals surface area contributed by atoms with Crippen molar-refractivity contribution >= 4 is 28.9 Å². The van der Waals surface area contributed by atoms with Crippen LogP contribution >= 0.6 is 23.2 Å². The summed E-state index contributed by atoms with van der Waals surface area (Å²) in [6, 6.07) is 12.8. The molecule has 106 valence electrons. The van der Waals surface area contributed by atoms with Crippen molar-refractivity contribution in [3.63, 3.8) is 0 Å². The standard InChI is InChI=1S/C15H12Cl2N4/c16-12-4-1-11(14(17)7-12)8-21-9-19-15(20-21)10-2-5-13(18)6-3-10/h1-7,9H,8,18H2. The summed E-state index contributed by atoms with van der Waals surface area (Å²) in [6.45, 7) is 0.540. The van der Waals surface area contributed by atoms with Gasteiger partial charge < -0.3 is 5.73 Å². The molecule has 6 heteroatoms. The van der Waals surface area contributed by atoms with E-state index in [0.717, 1.165) is 11.1 Å². The van der Waals surface area contributed by atoms with Crippen molar-refractivity contribution in [2.75, 3.05) is 5.73 Å². The van der Waals surface area contributed by atoms with Gasteiger partial charge in [-0.3, -0.25) is 0 Å². The van der Waals surface area contributed by atoms with E-state index in [1.165, 1.54) is 0 Å². The van der Waals surface area contributed by atoms with Gasteiger partial charge in [-0.05, 0) is 42.0 Å². The van der Waals surface area contributed by atoms with Gasteiger partial charge in [0.2, 0.25) is 0 Å². The van der Waals surface area contributed by atoms with Gasteiger partial charge in [0.1, 0.15) is 6.33 Å². The van der Waals surface area contributed by atoms with E-state index in [4.69, 9.17) is 28.9 Å². The highest BCUT2D eigenvalue weighted by atomic mass is 35.5. The summed E-state index contributed by atoms with van der Waals surface area (Å²) in [6.07, 6.45) is 1.68. The topological polar surface area (TPSA) is 56.7 Å². The second-order valence-electron chi connectivity index (χ2n) is 4.62. The average molecular weight is 319 g/mol. The molecule has 0 aliphatic carbocycles. The molecule has 0 saturated carbocycles. The van der Waals surface area contributed by atoms with Crippen LogP contribution in [0.4, 0.5) is 5.69 Å². The lowest BCUT2D eigenvalue weighted by molar-refractivity contribution is 0.687. The molecule has 0 amide bonds. The molecule has 2 aromatic carbocycles. The summed E-state index contributed by atoms with van der Waals surface area (Å²) in [7, 11) is 0. The third-order valence-electron chi connectivity index (χ3n) is 3.05. The SMILES string of the molecule is Nc1ccc(-c2ncn(Cc3ccc(Cl)cc3Cl)n2)cc1. The van der Waals surface area contributed by atoms with Crippen molar-refractivity contribution in [3.8, 4) is 11.4 Å². The fourth-order valence-electron chi connectivity index (χ4n) is 1.96. The Morgan fingerprint density at radius 2 is 1.81 bits per heavy atom. The molecule has 0 bridgehead atoms. The van der Waals surface area contributed by atoms with E-state index in [0.29, 0.717) is 28.1 Å². The first-order valence-electron chi connectivity index (χ1n) is 6.31. The van der Waals surface area contributed by atoms with E-state index in [-0.39, 0.29) is 0 Å². The molecule has 0 spiro atoms. The number of hydrogen-bond donors (Lipinski definition) is 1. The smallest absolute Gasteiger partial charge is 0.181 e. The molecule has 21 heavy (non-hydrogen) atoms. The van der Waals surface area contributed by atoms with Gasteiger partial charge in [-0.25, -0.2) is 9.67 Å². The van der Waals surface area contributed by atoms with Crippen molar-refractivity contribution in [1.82, 2.24) is 14.8 Å². The Morgan fingerprint density at radius 3 is 2.52 bits per heavy atom. The molecule has 3 aromatic rings. The zero-order chi connectivity index (χ0) is 14.8. The zero-order valence-corrected chi connectivity index (χ0v) is 12.5. The largest absolute Gasteiger partial charge is 0.399 e. The average Bonchev–Trinajstić information content (AvgIpc) is 2.91. The molecule has 0 atom stereocenters. The molecule has 0 aliphatic heterocycles. The van der Waals surface area contributed by atoms with E-state index in [9.17, 15) is 0 Å². The highest BCUT2D eigenvalue weighted by molar-refractivity contribution is 6.35. The predicted octanol–water partition coefficient (Wildman–Crippen LogP) is 3.88. The predicted molar refractivity (Wildman–Crippen MR) is 85.4 cm³/mol. The molecular weight excluding hydrogens is 307 g/mol. The minimum absolute atomic E-state index is 0.540. The van der Waals surface area contributed by atoms with Crippen LogP contribution in [0, 0.1) is 0 Å². The number of aromatic nitrogens is 3. The Bertz CT molecular complexity index is 766. The maximum absolute atomic E-state index is 6.16. The van der Waals surface area contributed by atoms with Crippen molar-refractivity contribution in [1.29, 1.82) is 0 Å². The molecule has 4 nitrogen and oxygen atoms in total. The third-order valence-corrected chi connectivity index (χ3v) is 3.64. The van der Waals surface area contributed by atoms with E-state index in [1.54, 1.807) is 23.1 Å². The fourth-order valence-corrected chi connectivity index (χ4v) is 2.43. The number of nitrogen functional groups attached to an aromatic ring is 1. The monoisotopic (exact) mass is 318 g/mol. The summed E-state index contributed by atoms with van der Waals surface area (Å²) in [5.74, 6) is 0.653. The number of benzene rings is 2. The summed E-state index contributed by atoms with van der Waals surface area (Å²) in [4.78, 5) is 4.30. The molecule has 0 radical (unpaired) electrons. The van der Waals surface area contributed by atoms with Crippen LogP contribution in [0.15, 0.2) is 48.8 Å². The first-order chi connectivity index (χ1) is 10.1. The van der Waals surface area contributed by atoms with Crippen LogP contribution in [0.25, 0.3) is 11.4 Å². The van der Waals surface area contributed by atoms with E-state index in [2.05, 4.69) is 10.1 Å². The molecule has 0 saturated heterocycles. The maximum Gasteiger partial charge on any atom is 0.181 e. The summed E-state index contributed by atoms with van der Waals surface area (Å²) in [5.41, 5.74) is 8.24. The van der Waals surface area contributed by atoms with Gasteiger partial charge in [0.05, 0.1) is 6.54 Å². The Hall–Kier alpha value is -2.04. The Morgan fingerprint density at radius 1 is 1.05 bits per heavy atom. The lowest BCUT2D eigenvalue weighted by Crippen LogP contribution is -2.01. The first-order valence-corrected chi connectivity index (χ1v) is 7.07. The third kappa shape index (κ3) is 3.17. The van der Waals surface area contributed by atoms with Crippen LogP contribution in [0.1, 0.15) is 5.56 Å². The molecule has 2 N–H and O–H groups in total. The van der Waals surface area contributed by atoms with Crippen LogP contribution in [0.5, 0.6) is 0 Å². The number of nitrogens with zero attached hydrogens (tertiary/aromatic N) is 3. The highest BCUT2D eigenvalue weighted by Crippen LogP contribution is 2.22. The van der Waals surface area contributed by atoms with Gasteiger partial charge in [0, 0.05) is 21.3 Å². The summed E-state index contributed by atoms with van der Waals surface area (Å²) in [5, 5.41) is 5.68. The number of rotatable bonds is 3. The van der Waals surface area contributed by atoms with Gasteiger partial charge in [-0.1, -0.05) is 29.3 Å². The van der Waals surface area contributed by atoms with Gasteiger partial charge in [-0.15, -0.1) is 0 Å². The molecule has 1 aromatic heterocycles. The van der Waals surface area contributed by atoms with Crippen molar-refractivity contribution < 1.29 is 0 Å². The second-order valence-corrected chi connectivity index (χ2v) is 5.47. The normalized spacial score (nSPS) is 10.8. The van der Waals surface area contributed by atoms with Crippen molar-refractivity contribution in [2.45, 2.75) is 6.54 Å². The molecule has 0 aliphatic rings. The van der Waals surface area contributed by atoms with Gasteiger partial charge in [0.25, 0.3) is 0 Å². The lowest BCUT2D eigenvalue weighted by Gasteiger charge is -2.04. The van der Waals surface area contributed by atoms with Gasteiger partial charge in [-0.2, -0.15) is 5.10 Å². The molecular formula is C15H12Cl2N4. The Kier molecular flexibility index (Phi) is 3.82. The molecule has 1 heterocycles. The number of hydrogen-bond acceptors (Lipinski definition) is 3. The number of anilines is 1. The molecule has 3 rings (SSSR count). The van der Waals surface area contributed by atoms with Crippen LogP contribution in [-0.2, 0) is 6.54 Å². The minimum atomic E-state index is 0.540. The van der Waals surface area contributed by atoms with E-state index in [1.807, 2.05) is 30.3 Å². The first kappa shape index (κ1) is 13.9. The van der Waals surface area contributed by atoms with Crippen molar-refractivity contribution in [2.24, 2.45) is 0 Å². The maximum atomic E-state index is 6.16. The van der Waals surface area contributed by atoms with Gasteiger partial charge in [0.15, 0.2) is 5.82 Å². The van der Waals surface area contributed by atoms with E-state index < -0.39 is 0 Å². The zero-order valence-electron chi connectivity index (χ0n) is 11.0. The fraction of sp³-hybridized carbons (Fsp3) is 0.0667. The molecule has 0 fully saturated rings. The van der Waals surface area contributed by atoms with Crippen LogP contribution in [0.2, 0.25) is 10.0 Å². The Balaban J connectivity index is 1.83. The molecule has 0 unspecified atom stereocenters. The second kappa shape index (κ2) is 5.76. The number of halogens is 2. The summed E-state index contributed by atoms with van der Waals surface area (Å²) < 4.78 is 1.74. The highest BCUT2D eigenvalue weighted by Gasteiger charge is 2.07. The lowest BCUT2D eigenvalue weighted by atomic mass is 10.2. The quantitative estimate of drug-likeness (QED) is 0.745. The summed E-state index contributed by atoms with van der Waals surface area (Å²) >= 11 is 12.0. The minimum Gasteiger partial charge on any atom is -0.399 e. The van der Waals surface area contributed by atoms with Crippen LogP contribution in [-0.4, -0.2) is 14.8 Å². The van der Waals surface area contributed by atoms with E-state index >= 15 is 0 Å². The van der Waals surface area contributed by atoms with Gasteiger partial charge >= 0.3 is 0 Å². The van der Waals surface area contributed by atoms with Crippen molar-refractivity contribution in [3.05, 3.63) is 64.4 Å². The van der Waals surface area contributed by atoms with Crippen LogP contribution in [0.3, 0.4) is 0 Å². The van der Waals surface area contributed by atoms with Crippen LogP contribution < -0.4 is 5.73 Å².